The van der Waals surface area contributed by atoms with Gasteiger partial charge in [-0.05, 0) is 41.6 Å². The summed E-state index contributed by atoms with van der Waals surface area (Å²) in [6.07, 6.45) is 0. The summed E-state index contributed by atoms with van der Waals surface area (Å²) in [6.45, 7) is 2.51. The van der Waals surface area contributed by atoms with Crippen LogP contribution in [0, 0.1) is 0 Å². The maximum absolute atomic E-state index is 11.4. The Hall–Kier alpha value is -1.41. The molecule has 1 aromatic heterocycles. The van der Waals surface area contributed by atoms with Crippen LogP contribution in [0.3, 0.4) is 0 Å². The first kappa shape index (κ1) is 14.0. The van der Waals surface area contributed by atoms with Crippen LogP contribution < -0.4 is 5.32 Å². The molecule has 0 saturated heterocycles. The Morgan fingerprint density at radius 1 is 1.42 bits per heavy atom. The van der Waals surface area contributed by atoms with Gasteiger partial charge in [-0.2, -0.15) is 4.68 Å². The molecule has 0 aliphatic heterocycles. The molecule has 0 radical (unpaired) electrons. The molecule has 0 bridgehead atoms. The third kappa shape index (κ3) is 3.77. The highest BCUT2D eigenvalue weighted by molar-refractivity contribution is 9.10. The second-order valence-corrected chi connectivity index (χ2v) is 5.45. The molecule has 1 N–H and O–H groups in total. The van der Waals surface area contributed by atoms with Crippen molar-refractivity contribution in [2.24, 2.45) is 0 Å². The second kappa shape index (κ2) is 6.67. The second-order valence-electron chi connectivity index (χ2n) is 3.59. The van der Waals surface area contributed by atoms with Crippen LogP contribution in [-0.2, 0) is 4.79 Å². The maximum Gasteiger partial charge on any atom is 0.230 e. The molecule has 100 valence electrons. The number of benzene rings is 1. The third-order valence-corrected chi connectivity index (χ3v) is 3.67. The number of aromatic nitrogens is 4. The summed E-state index contributed by atoms with van der Waals surface area (Å²) in [5.74, 6) is 0.267. The van der Waals surface area contributed by atoms with Crippen LogP contribution in [0.1, 0.15) is 6.92 Å². The maximum atomic E-state index is 11.4. The molecule has 1 amide bonds. The highest BCUT2D eigenvalue weighted by atomic mass is 79.9. The lowest BCUT2D eigenvalue weighted by atomic mass is 10.3. The predicted octanol–water partition coefficient (Wildman–Crippen LogP) is 1.65. The van der Waals surface area contributed by atoms with Crippen LogP contribution in [-0.4, -0.2) is 38.4 Å². The van der Waals surface area contributed by atoms with Gasteiger partial charge in [-0.25, -0.2) is 0 Å². The van der Waals surface area contributed by atoms with E-state index in [0.29, 0.717) is 17.5 Å². The van der Waals surface area contributed by atoms with E-state index in [1.807, 2.05) is 31.2 Å². The Balaban J connectivity index is 2.09. The average Bonchev–Trinajstić information content (AvgIpc) is 2.86. The van der Waals surface area contributed by atoms with Gasteiger partial charge in [-0.3, -0.25) is 4.79 Å². The van der Waals surface area contributed by atoms with Crippen LogP contribution in [0.25, 0.3) is 5.69 Å². The molecular weight excluding hydrogens is 330 g/mol. The first-order chi connectivity index (χ1) is 9.20. The van der Waals surface area contributed by atoms with Gasteiger partial charge in [-0.15, -0.1) is 5.10 Å². The number of hydrogen-bond acceptors (Lipinski definition) is 5. The van der Waals surface area contributed by atoms with Crippen molar-refractivity contribution in [3.05, 3.63) is 28.7 Å². The monoisotopic (exact) mass is 341 g/mol. The summed E-state index contributed by atoms with van der Waals surface area (Å²) in [6, 6.07) is 7.62. The van der Waals surface area contributed by atoms with E-state index < -0.39 is 0 Å². The summed E-state index contributed by atoms with van der Waals surface area (Å²) in [5.41, 5.74) is 0.853. The lowest BCUT2D eigenvalue weighted by Gasteiger charge is -2.04. The van der Waals surface area contributed by atoms with Crippen LogP contribution >= 0.6 is 27.7 Å². The number of amides is 1. The zero-order valence-corrected chi connectivity index (χ0v) is 12.6. The number of tetrazole rings is 1. The largest absolute Gasteiger partial charge is 0.356 e. The number of halogens is 1. The predicted molar refractivity (Wildman–Crippen MR) is 76.3 cm³/mol. The minimum Gasteiger partial charge on any atom is -0.356 e. The van der Waals surface area contributed by atoms with Crippen LogP contribution in [0.4, 0.5) is 0 Å². The third-order valence-electron chi connectivity index (χ3n) is 2.22. The van der Waals surface area contributed by atoms with Crippen LogP contribution in [0.5, 0.6) is 0 Å². The summed E-state index contributed by atoms with van der Waals surface area (Å²) in [4.78, 5) is 11.4. The average molecular weight is 342 g/mol. The molecule has 0 aliphatic carbocycles. The van der Waals surface area contributed by atoms with E-state index in [1.54, 1.807) is 4.68 Å². The van der Waals surface area contributed by atoms with Crippen molar-refractivity contribution in [1.82, 2.24) is 25.5 Å². The Kier molecular flexibility index (Phi) is 4.92. The van der Waals surface area contributed by atoms with E-state index >= 15 is 0 Å². The number of thioether (sulfide) groups is 1. The van der Waals surface area contributed by atoms with Gasteiger partial charge in [0.1, 0.15) is 0 Å². The van der Waals surface area contributed by atoms with Crippen molar-refractivity contribution < 1.29 is 4.79 Å². The molecule has 1 heterocycles. The van der Waals surface area contributed by atoms with Gasteiger partial charge in [0.05, 0.1) is 11.4 Å². The molecule has 0 atom stereocenters. The van der Waals surface area contributed by atoms with Gasteiger partial charge < -0.3 is 5.32 Å². The summed E-state index contributed by atoms with van der Waals surface area (Å²) < 4.78 is 2.59. The van der Waals surface area contributed by atoms with Crippen molar-refractivity contribution in [1.29, 1.82) is 0 Å². The molecule has 0 fully saturated rings. The number of carbonyl (C=O) groups is 1. The standard InChI is InChI=1S/C11H12BrN5OS/c1-2-13-10(18)7-19-11-14-15-16-17(11)9-5-3-8(12)4-6-9/h3-6H,2,7H2,1H3,(H,13,18). The molecule has 6 nitrogen and oxygen atoms in total. The molecule has 0 unspecified atom stereocenters. The zero-order valence-electron chi connectivity index (χ0n) is 10.2. The van der Waals surface area contributed by atoms with Crippen LogP contribution in [0.2, 0.25) is 0 Å². The molecule has 0 saturated carbocycles. The zero-order chi connectivity index (χ0) is 13.7. The molecule has 0 aliphatic rings. The molecule has 1 aromatic carbocycles. The quantitative estimate of drug-likeness (QED) is 0.837. The number of nitrogens with zero attached hydrogens (tertiary/aromatic N) is 4. The smallest absolute Gasteiger partial charge is 0.230 e. The van der Waals surface area contributed by atoms with E-state index in [4.69, 9.17) is 0 Å². The van der Waals surface area contributed by atoms with Gasteiger partial charge in [0.2, 0.25) is 11.1 Å². The molecule has 0 spiro atoms. The van der Waals surface area contributed by atoms with E-state index in [9.17, 15) is 4.79 Å². The lowest BCUT2D eigenvalue weighted by Crippen LogP contribution is -2.24. The van der Waals surface area contributed by atoms with Crippen molar-refractivity contribution >= 4 is 33.6 Å². The topological polar surface area (TPSA) is 72.7 Å². The van der Waals surface area contributed by atoms with Gasteiger partial charge in [-0.1, -0.05) is 27.7 Å². The van der Waals surface area contributed by atoms with Crippen LogP contribution in [0.15, 0.2) is 33.9 Å². The van der Waals surface area contributed by atoms with Gasteiger partial charge >= 0.3 is 0 Å². The van der Waals surface area contributed by atoms with E-state index in [0.717, 1.165) is 10.2 Å². The highest BCUT2D eigenvalue weighted by Crippen LogP contribution is 2.19. The Bertz CT molecular complexity index is 556. The molecule has 8 heteroatoms. The fourth-order valence-corrected chi connectivity index (χ4v) is 2.38. The number of nitrogens with one attached hydrogen (secondary N) is 1. The summed E-state index contributed by atoms with van der Waals surface area (Å²) >= 11 is 4.68. The minimum absolute atomic E-state index is 0.0298. The molecule has 2 aromatic rings. The summed E-state index contributed by atoms with van der Waals surface area (Å²) in [7, 11) is 0. The normalized spacial score (nSPS) is 10.4. The lowest BCUT2D eigenvalue weighted by molar-refractivity contribution is -0.118. The first-order valence-electron chi connectivity index (χ1n) is 5.64. The number of rotatable bonds is 5. The molecule has 19 heavy (non-hydrogen) atoms. The van der Waals surface area contributed by atoms with Gasteiger partial charge in [0.15, 0.2) is 0 Å². The fourth-order valence-electron chi connectivity index (χ4n) is 1.39. The SMILES string of the molecule is CCNC(=O)CSc1nnnn1-c1ccc(Br)cc1. The summed E-state index contributed by atoms with van der Waals surface area (Å²) in [5, 5.41) is 14.8. The van der Waals surface area contributed by atoms with Crippen molar-refractivity contribution in [2.45, 2.75) is 12.1 Å². The van der Waals surface area contributed by atoms with Gasteiger partial charge in [0.25, 0.3) is 0 Å². The Labute approximate surface area is 123 Å². The van der Waals surface area contributed by atoms with Crippen molar-refractivity contribution in [3.8, 4) is 5.69 Å². The van der Waals surface area contributed by atoms with E-state index in [1.165, 1.54) is 11.8 Å². The van der Waals surface area contributed by atoms with Crippen molar-refractivity contribution in [3.63, 3.8) is 0 Å². The van der Waals surface area contributed by atoms with Gasteiger partial charge in [0, 0.05) is 11.0 Å². The molecule has 2 rings (SSSR count). The van der Waals surface area contributed by atoms with Crippen molar-refractivity contribution in [2.75, 3.05) is 12.3 Å². The first-order valence-corrected chi connectivity index (χ1v) is 7.42. The Morgan fingerprint density at radius 2 is 2.16 bits per heavy atom. The minimum atomic E-state index is -0.0298. The van der Waals surface area contributed by atoms with E-state index in [-0.39, 0.29) is 5.91 Å². The van der Waals surface area contributed by atoms with E-state index in [2.05, 4.69) is 36.8 Å². The fraction of sp³-hybridized carbons (Fsp3) is 0.273. The Morgan fingerprint density at radius 3 is 2.84 bits per heavy atom. The highest BCUT2D eigenvalue weighted by Gasteiger charge is 2.10. The number of hydrogen-bond donors (Lipinski definition) is 1. The number of carbonyl (C=O) groups excluding carboxylic acids is 1. The molecular formula is C11H12BrN5OS.